The number of halogens is 1. The normalized spacial score (nSPS) is 11.5. The number of amides is 1. The van der Waals surface area contributed by atoms with Gasteiger partial charge in [0.2, 0.25) is 0 Å². The summed E-state index contributed by atoms with van der Waals surface area (Å²) in [6, 6.07) is 21.4. The molecule has 0 heterocycles. The second-order valence-electron chi connectivity index (χ2n) is 5.83. The Hall–Kier alpha value is -3.47. The van der Waals surface area contributed by atoms with E-state index in [1.807, 2.05) is 48.5 Å². The highest BCUT2D eigenvalue weighted by Crippen LogP contribution is 2.36. The Labute approximate surface area is 149 Å². The van der Waals surface area contributed by atoms with Gasteiger partial charge in [-0.25, -0.2) is 9.82 Å². The highest BCUT2D eigenvalue weighted by atomic mass is 19.1. The van der Waals surface area contributed by atoms with Crippen molar-refractivity contribution >= 4 is 11.6 Å². The summed E-state index contributed by atoms with van der Waals surface area (Å²) in [6.45, 7) is -0.203. The highest BCUT2D eigenvalue weighted by molar-refractivity contribution is 6.24. The van der Waals surface area contributed by atoms with Crippen LogP contribution in [0.2, 0.25) is 0 Å². The summed E-state index contributed by atoms with van der Waals surface area (Å²) in [6.07, 6.45) is 0. The number of benzene rings is 3. The zero-order valence-corrected chi connectivity index (χ0v) is 13.8. The lowest BCUT2D eigenvalue weighted by Crippen LogP contribution is -2.26. The van der Waals surface area contributed by atoms with Crippen LogP contribution in [0, 0.1) is 5.82 Å². The van der Waals surface area contributed by atoms with Crippen LogP contribution in [0.1, 0.15) is 11.1 Å². The minimum atomic E-state index is -0.385. The third-order valence-corrected chi connectivity index (χ3v) is 4.13. The fraction of sp³-hybridized carbons (Fsp3) is 0.0476. The van der Waals surface area contributed by atoms with Gasteiger partial charge in [0.25, 0.3) is 5.91 Å². The fourth-order valence-corrected chi connectivity index (χ4v) is 2.94. The number of ether oxygens (including phenoxy) is 1. The number of carbonyl (C=O) groups is 1. The number of hydrazone groups is 1. The third-order valence-electron chi connectivity index (χ3n) is 4.13. The quantitative estimate of drug-likeness (QED) is 0.572. The maximum absolute atomic E-state index is 12.9. The fourth-order valence-electron chi connectivity index (χ4n) is 2.94. The van der Waals surface area contributed by atoms with Crippen molar-refractivity contribution in [2.75, 3.05) is 6.61 Å². The van der Waals surface area contributed by atoms with Crippen molar-refractivity contribution in [3.63, 3.8) is 0 Å². The lowest BCUT2D eigenvalue weighted by molar-refractivity contribution is -0.123. The van der Waals surface area contributed by atoms with Gasteiger partial charge in [0.15, 0.2) is 6.61 Å². The molecule has 5 heteroatoms. The molecule has 4 nitrogen and oxygen atoms in total. The van der Waals surface area contributed by atoms with Gasteiger partial charge in [-0.1, -0.05) is 48.5 Å². The number of nitrogens with one attached hydrogen (secondary N) is 1. The van der Waals surface area contributed by atoms with E-state index in [0.29, 0.717) is 5.75 Å². The number of nitrogens with zero attached hydrogens (tertiary/aromatic N) is 1. The average molecular weight is 346 g/mol. The molecule has 0 radical (unpaired) electrons. The first kappa shape index (κ1) is 16.0. The molecule has 0 fully saturated rings. The molecule has 0 bridgehead atoms. The van der Waals surface area contributed by atoms with Gasteiger partial charge in [0.05, 0.1) is 5.71 Å². The Bertz CT molecular complexity index is 949. The van der Waals surface area contributed by atoms with Gasteiger partial charge < -0.3 is 4.74 Å². The molecule has 3 aromatic rings. The molecule has 1 amide bonds. The van der Waals surface area contributed by atoms with Gasteiger partial charge in [-0.15, -0.1) is 0 Å². The van der Waals surface area contributed by atoms with Crippen LogP contribution in [0.15, 0.2) is 77.9 Å². The average Bonchev–Trinajstić information content (AvgIpc) is 3.00. The maximum Gasteiger partial charge on any atom is 0.277 e. The van der Waals surface area contributed by atoms with E-state index in [2.05, 4.69) is 10.5 Å². The summed E-state index contributed by atoms with van der Waals surface area (Å²) in [5.74, 6) is -0.318. The maximum atomic E-state index is 12.9. The number of fused-ring (bicyclic) bond motifs is 3. The summed E-state index contributed by atoms with van der Waals surface area (Å²) >= 11 is 0. The molecular formula is C21H15FN2O2. The van der Waals surface area contributed by atoms with Crippen molar-refractivity contribution in [3.8, 4) is 16.9 Å². The lowest BCUT2D eigenvalue weighted by atomic mass is 10.1. The van der Waals surface area contributed by atoms with Gasteiger partial charge in [0, 0.05) is 11.1 Å². The molecule has 1 aliphatic carbocycles. The zero-order chi connectivity index (χ0) is 17.9. The van der Waals surface area contributed by atoms with Crippen molar-refractivity contribution in [1.29, 1.82) is 0 Å². The van der Waals surface area contributed by atoms with E-state index < -0.39 is 0 Å². The SMILES string of the molecule is O=C(COc1ccc(F)cc1)NN=C1c2ccccc2-c2ccccc21. The number of hydrogen-bond acceptors (Lipinski definition) is 3. The summed E-state index contributed by atoms with van der Waals surface area (Å²) < 4.78 is 18.2. The van der Waals surface area contributed by atoms with E-state index in [0.717, 1.165) is 28.0 Å². The van der Waals surface area contributed by atoms with Crippen LogP contribution in [-0.2, 0) is 4.79 Å². The van der Waals surface area contributed by atoms with E-state index in [4.69, 9.17) is 4.74 Å². The molecule has 0 atom stereocenters. The predicted molar refractivity (Wildman–Crippen MR) is 97.6 cm³/mol. The Morgan fingerprint density at radius 2 is 1.38 bits per heavy atom. The van der Waals surface area contributed by atoms with Crippen molar-refractivity contribution in [2.24, 2.45) is 5.10 Å². The van der Waals surface area contributed by atoms with Crippen LogP contribution in [0.5, 0.6) is 5.75 Å². The minimum absolute atomic E-state index is 0.203. The van der Waals surface area contributed by atoms with E-state index >= 15 is 0 Å². The van der Waals surface area contributed by atoms with Crippen LogP contribution in [0.25, 0.3) is 11.1 Å². The van der Waals surface area contributed by atoms with E-state index in [-0.39, 0.29) is 18.3 Å². The second-order valence-corrected chi connectivity index (χ2v) is 5.83. The Balaban J connectivity index is 1.50. The molecule has 1 aliphatic rings. The Morgan fingerprint density at radius 3 is 1.96 bits per heavy atom. The molecule has 0 saturated carbocycles. The van der Waals surface area contributed by atoms with Crippen molar-refractivity contribution < 1.29 is 13.9 Å². The molecule has 4 rings (SSSR count). The molecular weight excluding hydrogens is 331 g/mol. The van der Waals surface area contributed by atoms with Gasteiger partial charge >= 0.3 is 0 Å². The largest absolute Gasteiger partial charge is 0.484 e. The minimum Gasteiger partial charge on any atom is -0.484 e. The van der Waals surface area contributed by atoms with E-state index in [1.54, 1.807) is 0 Å². The summed E-state index contributed by atoms with van der Waals surface area (Å²) in [5, 5.41) is 4.31. The molecule has 0 spiro atoms. The summed E-state index contributed by atoms with van der Waals surface area (Å²) in [4.78, 5) is 12.0. The smallest absolute Gasteiger partial charge is 0.277 e. The number of rotatable bonds is 4. The number of carbonyl (C=O) groups excluding carboxylic acids is 1. The molecule has 0 saturated heterocycles. The highest BCUT2D eigenvalue weighted by Gasteiger charge is 2.24. The van der Waals surface area contributed by atoms with E-state index in [9.17, 15) is 9.18 Å². The van der Waals surface area contributed by atoms with Crippen LogP contribution in [0.4, 0.5) is 4.39 Å². The molecule has 0 aliphatic heterocycles. The van der Waals surface area contributed by atoms with Crippen LogP contribution in [0.3, 0.4) is 0 Å². The summed E-state index contributed by atoms with van der Waals surface area (Å²) in [5.41, 5.74) is 7.42. The van der Waals surface area contributed by atoms with Gasteiger partial charge in [-0.3, -0.25) is 4.79 Å². The first-order valence-corrected chi connectivity index (χ1v) is 8.16. The molecule has 3 aromatic carbocycles. The first-order valence-electron chi connectivity index (χ1n) is 8.16. The topological polar surface area (TPSA) is 50.7 Å². The Morgan fingerprint density at radius 1 is 0.846 bits per heavy atom. The van der Waals surface area contributed by atoms with Gasteiger partial charge in [-0.05, 0) is 35.4 Å². The van der Waals surface area contributed by atoms with Crippen LogP contribution >= 0.6 is 0 Å². The van der Waals surface area contributed by atoms with Crippen molar-refractivity contribution in [2.45, 2.75) is 0 Å². The lowest BCUT2D eigenvalue weighted by Gasteiger charge is -2.06. The van der Waals surface area contributed by atoms with E-state index in [1.165, 1.54) is 24.3 Å². The predicted octanol–water partition coefficient (Wildman–Crippen LogP) is 3.75. The van der Waals surface area contributed by atoms with Crippen LogP contribution < -0.4 is 10.2 Å². The third kappa shape index (κ3) is 3.07. The van der Waals surface area contributed by atoms with Crippen molar-refractivity contribution in [1.82, 2.24) is 5.43 Å². The van der Waals surface area contributed by atoms with Crippen LogP contribution in [-0.4, -0.2) is 18.2 Å². The monoisotopic (exact) mass is 346 g/mol. The second kappa shape index (κ2) is 6.80. The Kier molecular flexibility index (Phi) is 4.19. The zero-order valence-electron chi connectivity index (χ0n) is 13.8. The number of hydrogen-bond donors (Lipinski definition) is 1. The first-order chi connectivity index (χ1) is 12.7. The molecule has 1 N–H and O–H groups in total. The molecule has 26 heavy (non-hydrogen) atoms. The van der Waals surface area contributed by atoms with Gasteiger partial charge in [-0.2, -0.15) is 5.10 Å². The molecule has 0 unspecified atom stereocenters. The van der Waals surface area contributed by atoms with Crippen molar-refractivity contribution in [3.05, 3.63) is 89.7 Å². The molecule has 128 valence electrons. The summed E-state index contributed by atoms with van der Waals surface area (Å²) in [7, 11) is 0. The standard InChI is InChI=1S/C21H15FN2O2/c22-14-9-11-15(12-10-14)26-13-20(25)23-24-21-18-7-3-1-5-16(18)17-6-2-4-8-19(17)21/h1-12H,13H2,(H,23,25). The molecule has 0 aromatic heterocycles. The van der Waals surface area contributed by atoms with Gasteiger partial charge in [0.1, 0.15) is 11.6 Å².